The standard InChI is InChI=1S/C17H19N5O8.C3H8O/c1-17(2,3)30-16(25)19-12(15(23)24)6-11-8-18-9-20(11)13-5-4-10(21(26)27)7-14(13)22(28)29;1-3(2)4/h4-5,7-9,12H,6H2,1-3H3,(H,19,25)(H,23,24);3-4H,1-2H3/t12-;/m1./s1. The number of hydrogen-bond donors (Lipinski definition) is 3. The smallest absolute Gasteiger partial charge is 0.408 e. The van der Waals surface area contributed by atoms with Crippen LogP contribution in [0.4, 0.5) is 16.2 Å². The fourth-order valence-corrected chi connectivity index (χ4v) is 2.52. The first-order valence-electron chi connectivity index (χ1n) is 9.97. The van der Waals surface area contributed by atoms with Crippen LogP contribution in [0.1, 0.15) is 40.3 Å². The van der Waals surface area contributed by atoms with Crippen molar-refractivity contribution in [1.82, 2.24) is 14.9 Å². The van der Waals surface area contributed by atoms with Gasteiger partial charge in [-0.25, -0.2) is 14.6 Å². The van der Waals surface area contributed by atoms with E-state index in [2.05, 4.69) is 10.3 Å². The Kier molecular flexibility index (Phi) is 9.62. The highest BCUT2D eigenvalue weighted by Crippen LogP contribution is 2.29. The van der Waals surface area contributed by atoms with E-state index in [0.717, 1.165) is 12.1 Å². The number of aliphatic hydroxyl groups excluding tert-OH is 1. The van der Waals surface area contributed by atoms with Crippen LogP contribution in [-0.4, -0.2) is 59.4 Å². The Hall–Kier alpha value is -4.07. The van der Waals surface area contributed by atoms with Crippen LogP contribution in [0.5, 0.6) is 0 Å². The molecule has 14 heteroatoms. The highest BCUT2D eigenvalue weighted by atomic mass is 16.6. The molecule has 186 valence electrons. The van der Waals surface area contributed by atoms with Crippen LogP contribution >= 0.6 is 0 Å². The summed E-state index contributed by atoms with van der Waals surface area (Å²) in [6.45, 7) is 8.29. The number of aliphatic carboxylic acids is 1. The summed E-state index contributed by atoms with van der Waals surface area (Å²) in [4.78, 5) is 48.1. The number of alkyl carbamates (subject to hydrolysis) is 1. The molecule has 0 saturated heterocycles. The van der Waals surface area contributed by atoms with E-state index in [-0.39, 0.29) is 23.9 Å². The van der Waals surface area contributed by atoms with Crippen LogP contribution in [0.3, 0.4) is 0 Å². The molecule has 0 saturated carbocycles. The van der Waals surface area contributed by atoms with E-state index >= 15 is 0 Å². The summed E-state index contributed by atoms with van der Waals surface area (Å²) in [6, 6.07) is 1.64. The van der Waals surface area contributed by atoms with Crippen molar-refractivity contribution in [2.24, 2.45) is 0 Å². The number of imidazole rings is 1. The minimum absolute atomic E-state index is 0.0421. The highest BCUT2D eigenvalue weighted by Gasteiger charge is 2.27. The molecule has 0 bridgehead atoms. The van der Waals surface area contributed by atoms with Crippen LogP contribution in [0.2, 0.25) is 0 Å². The third-order valence-corrected chi connectivity index (χ3v) is 3.74. The summed E-state index contributed by atoms with van der Waals surface area (Å²) >= 11 is 0. The molecule has 0 fully saturated rings. The molecule has 2 aromatic rings. The van der Waals surface area contributed by atoms with Gasteiger partial charge in [0.15, 0.2) is 0 Å². The second-order valence-corrected chi connectivity index (χ2v) is 8.28. The second kappa shape index (κ2) is 11.7. The minimum Gasteiger partial charge on any atom is -0.480 e. The number of benzene rings is 1. The summed E-state index contributed by atoms with van der Waals surface area (Å²) in [5.74, 6) is -1.35. The maximum atomic E-state index is 11.9. The van der Waals surface area contributed by atoms with Gasteiger partial charge in [0.05, 0.1) is 22.2 Å². The molecule has 1 aromatic carbocycles. The Morgan fingerprint density at radius 3 is 2.26 bits per heavy atom. The predicted molar refractivity (Wildman–Crippen MR) is 119 cm³/mol. The SMILES string of the molecule is CC(C)(C)OC(=O)N[C@H](Cc1cncn1-c1ccc([N+](=O)[O-])cc1[N+](=O)[O-])C(=O)O.CC(C)O. The Bertz CT molecular complexity index is 1040. The molecule has 1 amide bonds. The maximum Gasteiger partial charge on any atom is 0.408 e. The van der Waals surface area contributed by atoms with Gasteiger partial charge in [0.2, 0.25) is 0 Å². The Balaban J connectivity index is 0.00000133. The lowest BCUT2D eigenvalue weighted by Crippen LogP contribution is -2.44. The van der Waals surface area contributed by atoms with Gasteiger partial charge in [0, 0.05) is 30.5 Å². The molecule has 1 atom stereocenters. The van der Waals surface area contributed by atoms with Gasteiger partial charge in [-0.05, 0) is 40.7 Å². The maximum absolute atomic E-state index is 11.9. The molecule has 34 heavy (non-hydrogen) atoms. The Labute approximate surface area is 194 Å². The van der Waals surface area contributed by atoms with E-state index in [0.29, 0.717) is 0 Å². The van der Waals surface area contributed by atoms with Crippen LogP contribution < -0.4 is 5.32 Å². The van der Waals surface area contributed by atoms with Gasteiger partial charge in [0.1, 0.15) is 17.3 Å². The first-order valence-corrected chi connectivity index (χ1v) is 9.97. The number of nitro benzene ring substituents is 2. The molecule has 2 rings (SSSR count). The minimum atomic E-state index is -1.41. The lowest BCUT2D eigenvalue weighted by Gasteiger charge is -2.22. The average molecular weight is 481 g/mol. The zero-order chi connectivity index (χ0) is 26.2. The van der Waals surface area contributed by atoms with Gasteiger partial charge in [-0.3, -0.25) is 24.8 Å². The number of carbonyl (C=O) groups excluding carboxylic acids is 1. The number of amides is 1. The van der Waals surface area contributed by atoms with E-state index < -0.39 is 44.9 Å². The monoisotopic (exact) mass is 481 g/mol. The normalized spacial score (nSPS) is 11.7. The number of carboxylic acids is 1. The van der Waals surface area contributed by atoms with Gasteiger partial charge in [-0.2, -0.15) is 0 Å². The van der Waals surface area contributed by atoms with E-state index in [1.807, 2.05) is 0 Å². The second-order valence-electron chi connectivity index (χ2n) is 8.28. The third-order valence-electron chi connectivity index (χ3n) is 3.74. The fourth-order valence-electron chi connectivity index (χ4n) is 2.52. The molecule has 0 aliphatic carbocycles. The van der Waals surface area contributed by atoms with E-state index in [9.17, 15) is 34.9 Å². The molecule has 0 radical (unpaired) electrons. The molecule has 0 aliphatic rings. The first kappa shape index (κ1) is 28.0. The van der Waals surface area contributed by atoms with Crippen molar-refractivity contribution in [2.75, 3.05) is 0 Å². The van der Waals surface area contributed by atoms with Gasteiger partial charge >= 0.3 is 12.1 Å². The van der Waals surface area contributed by atoms with E-state index in [1.54, 1.807) is 34.6 Å². The molecule has 1 heterocycles. The quantitative estimate of drug-likeness (QED) is 0.390. The van der Waals surface area contributed by atoms with Crippen LogP contribution in [0, 0.1) is 20.2 Å². The highest BCUT2D eigenvalue weighted by molar-refractivity contribution is 5.80. The number of hydrogen-bond acceptors (Lipinski definition) is 9. The molecular formula is C20H27N5O9. The molecule has 3 N–H and O–H groups in total. The summed E-state index contributed by atoms with van der Waals surface area (Å²) in [5, 5.41) is 42.0. The molecule has 0 unspecified atom stereocenters. The average Bonchev–Trinajstić information content (AvgIpc) is 3.12. The van der Waals surface area contributed by atoms with Crippen LogP contribution in [-0.2, 0) is 16.0 Å². The van der Waals surface area contributed by atoms with Crippen molar-refractivity contribution in [1.29, 1.82) is 0 Å². The number of rotatable bonds is 7. The largest absolute Gasteiger partial charge is 0.480 e. The number of nitrogens with one attached hydrogen (secondary N) is 1. The van der Waals surface area contributed by atoms with Gasteiger partial charge in [0.25, 0.3) is 11.4 Å². The number of non-ortho nitro benzene ring substituents is 1. The topological polar surface area (TPSA) is 200 Å². The van der Waals surface area contributed by atoms with Crippen molar-refractivity contribution in [3.63, 3.8) is 0 Å². The number of nitrogens with zero attached hydrogens (tertiary/aromatic N) is 4. The zero-order valence-electron chi connectivity index (χ0n) is 19.3. The zero-order valence-corrected chi connectivity index (χ0v) is 19.3. The first-order chi connectivity index (χ1) is 15.6. The van der Waals surface area contributed by atoms with Crippen molar-refractivity contribution < 1.29 is 34.4 Å². The van der Waals surface area contributed by atoms with Crippen molar-refractivity contribution >= 4 is 23.4 Å². The van der Waals surface area contributed by atoms with Gasteiger partial charge in [-0.1, -0.05) is 0 Å². The number of carbonyl (C=O) groups is 2. The van der Waals surface area contributed by atoms with E-state index in [1.165, 1.54) is 23.2 Å². The lowest BCUT2D eigenvalue weighted by atomic mass is 10.1. The molecule has 0 aliphatic heterocycles. The Morgan fingerprint density at radius 2 is 1.79 bits per heavy atom. The fraction of sp³-hybridized carbons (Fsp3) is 0.450. The van der Waals surface area contributed by atoms with Crippen LogP contribution in [0.25, 0.3) is 5.69 Å². The van der Waals surface area contributed by atoms with Crippen LogP contribution in [0.15, 0.2) is 30.7 Å². The summed E-state index contributed by atoms with van der Waals surface area (Å²) in [5.41, 5.74) is -1.69. The number of aromatic nitrogens is 2. The summed E-state index contributed by atoms with van der Waals surface area (Å²) < 4.78 is 6.28. The number of carboxylic acid groups (broad SMARTS) is 1. The van der Waals surface area contributed by atoms with Gasteiger partial charge < -0.3 is 20.3 Å². The Morgan fingerprint density at radius 1 is 1.21 bits per heavy atom. The van der Waals surface area contributed by atoms with Crippen molar-refractivity contribution in [2.45, 2.75) is 58.8 Å². The van der Waals surface area contributed by atoms with E-state index in [4.69, 9.17) is 9.84 Å². The molecule has 14 nitrogen and oxygen atoms in total. The number of nitro groups is 2. The van der Waals surface area contributed by atoms with Crippen molar-refractivity contribution in [3.05, 3.63) is 56.6 Å². The molecule has 1 aromatic heterocycles. The molecular weight excluding hydrogens is 454 g/mol. The van der Waals surface area contributed by atoms with Gasteiger partial charge in [-0.15, -0.1) is 0 Å². The third kappa shape index (κ3) is 8.82. The number of ether oxygens (including phenoxy) is 1. The number of aliphatic hydroxyl groups is 1. The molecule has 0 spiro atoms. The predicted octanol–water partition coefficient (Wildman–Crippen LogP) is 2.60. The lowest BCUT2D eigenvalue weighted by molar-refractivity contribution is -0.394. The summed E-state index contributed by atoms with van der Waals surface area (Å²) in [6.07, 6.45) is 1.10. The summed E-state index contributed by atoms with van der Waals surface area (Å²) in [7, 11) is 0. The van der Waals surface area contributed by atoms with Crippen molar-refractivity contribution in [3.8, 4) is 5.69 Å².